The molecule has 2 fully saturated rings. The van der Waals surface area contributed by atoms with Gasteiger partial charge >= 0.3 is 0 Å². The maximum atomic E-state index is 5.96. The van der Waals surface area contributed by atoms with Gasteiger partial charge < -0.3 is 4.74 Å². The molecule has 0 bridgehead atoms. The summed E-state index contributed by atoms with van der Waals surface area (Å²) < 4.78 is 5.96. The molecule has 0 radical (unpaired) electrons. The Morgan fingerprint density at radius 3 is 2.50 bits per heavy atom. The second kappa shape index (κ2) is 7.41. The lowest BCUT2D eigenvalue weighted by molar-refractivity contribution is -0.0389. The molecule has 2 nitrogen and oxygen atoms in total. The molecule has 2 aliphatic heterocycles. The SMILES string of the molecule is Clc1ccc(C2CN(C3CSCCSC3)CCO2)cc1. The molecular weight excluding hydrogens is 310 g/mol. The number of rotatable bonds is 2. The lowest BCUT2D eigenvalue weighted by Gasteiger charge is -2.37. The molecule has 5 heteroatoms. The maximum Gasteiger partial charge on any atom is 0.0952 e. The Labute approximate surface area is 134 Å². The predicted octanol–water partition coefficient (Wildman–Crippen LogP) is 3.56. The van der Waals surface area contributed by atoms with Gasteiger partial charge in [0, 0.05) is 47.2 Å². The average molecular weight is 330 g/mol. The number of hydrogen-bond donors (Lipinski definition) is 0. The Balaban J connectivity index is 1.64. The highest BCUT2D eigenvalue weighted by Gasteiger charge is 2.28. The quantitative estimate of drug-likeness (QED) is 0.822. The van der Waals surface area contributed by atoms with Crippen LogP contribution in [0.1, 0.15) is 11.7 Å². The molecule has 110 valence electrons. The van der Waals surface area contributed by atoms with E-state index in [0.29, 0.717) is 6.04 Å². The molecule has 0 N–H and O–H groups in total. The molecule has 0 saturated carbocycles. The predicted molar refractivity (Wildman–Crippen MR) is 90.2 cm³/mol. The van der Waals surface area contributed by atoms with Crippen molar-refractivity contribution in [2.45, 2.75) is 12.1 Å². The summed E-state index contributed by atoms with van der Waals surface area (Å²) >= 11 is 10.2. The average Bonchev–Trinajstić information content (AvgIpc) is 2.77. The number of halogens is 1. The van der Waals surface area contributed by atoms with Crippen LogP contribution in [0.2, 0.25) is 5.02 Å². The van der Waals surface area contributed by atoms with E-state index in [2.05, 4.69) is 40.6 Å². The van der Waals surface area contributed by atoms with Gasteiger partial charge in [-0.1, -0.05) is 23.7 Å². The third-order valence-corrected chi connectivity index (χ3v) is 6.59. The molecular formula is C15H20ClNOS2. The van der Waals surface area contributed by atoms with Crippen LogP contribution in [0.5, 0.6) is 0 Å². The number of thioether (sulfide) groups is 2. The van der Waals surface area contributed by atoms with Crippen LogP contribution in [-0.4, -0.2) is 53.6 Å². The van der Waals surface area contributed by atoms with Crippen LogP contribution in [0, 0.1) is 0 Å². The summed E-state index contributed by atoms with van der Waals surface area (Å²) in [5.74, 6) is 5.12. The van der Waals surface area contributed by atoms with Crippen LogP contribution in [0.3, 0.4) is 0 Å². The number of nitrogens with zero attached hydrogens (tertiary/aromatic N) is 1. The Hall–Kier alpha value is 0.130. The number of hydrogen-bond acceptors (Lipinski definition) is 4. The zero-order chi connectivity index (χ0) is 13.8. The molecule has 0 spiro atoms. The molecule has 1 atom stereocenters. The minimum atomic E-state index is 0.194. The monoisotopic (exact) mass is 329 g/mol. The molecule has 3 rings (SSSR count). The van der Waals surface area contributed by atoms with E-state index >= 15 is 0 Å². The lowest BCUT2D eigenvalue weighted by Crippen LogP contribution is -2.46. The highest BCUT2D eigenvalue weighted by atomic mass is 35.5. The van der Waals surface area contributed by atoms with Crippen molar-refractivity contribution in [1.82, 2.24) is 4.90 Å². The van der Waals surface area contributed by atoms with E-state index in [9.17, 15) is 0 Å². The first-order valence-electron chi connectivity index (χ1n) is 7.09. The van der Waals surface area contributed by atoms with E-state index < -0.39 is 0 Å². The fraction of sp³-hybridized carbons (Fsp3) is 0.600. The smallest absolute Gasteiger partial charge is 0.0952 e. The van der Waals surface area contributed by atoms with E-state index in [-0.39, 0.29) is 6.10 Å². The van der Waals surface area contributed by atoms with Gasteiger partial charge in [-0.25, -0.2) is 0 Å². The van der Waals surface area contributed by atoms with Crippen LogP contribution in [-0.2, 0) is 4.74 Å². The molecule has 0 aromatic heterocycles. The molecule has 1 aromatic rings. The molecule has 1 unspecified atom stereocenters. The van der Waals surface area contributed by atoms with Gasteiger partial charge in [0.2, 0.25) is 0 Å². The van der Waals surface area contributed by atoms with Gasteiger partial charge in [-0.2, -0.15) is 23.5 Å². The highest BCUT2D eigenvalue weighted by molar-refractivity contribution is 8.03. The zero-order valence-corrected chi connectivity index (χ0v) is 13.9. The van der Waals surface area contributed by atoms with Gasteiger partial charge in [0.1, 0.15) is 0 Å². The third kappa shape index (κ3) is 3.86. The Bertz CT molecular complexity index is 420. The van der Waals surface area contributed by atoms with Crippen molar-refractivity contribution in [2.75, 3.05) is 42.7 Å². The molecule has 0 amide bonds. The largest absolute Gasteiger partial charge is 0.371 e. The first-order chi connectivity index (χ1) is 9.83. The van der Waals surface area contributed by atoms with Gasteiger partial charge in [-0.15, -0.1) is 0 Å². The molecule has 2 aliphatic rings. The van der Waals surface area contributed by atoms with Crippen molar-refractivity contribution in [2.24, 2.45) is 0 Å². The van der Waals surface area contributed by atoms with Crippen LogP contribution in [0.25, 0.3) is 0 Å². The molecule has 1 aromatic carbocycles. The fourth-order valence-corrected chi connectivity index (χ4v) is 5.45. The standard InChI is InChI=1S/C15H20ClNOS2/c16-13-3-1-12(2-4-13)15-9-17(5-6-18-15)14-10-19-7-8-20-11-14/h1-4,14-15H,5-11H2. The number of benzene rings is 1. The van der Waals surface area contributed by atoms with Crippen LogP contribution in [0.4, 0.5) is 0 Å². The van der Waals surface area contributed by atoms with E-state index in [1.165, 1.54) is 28.6 Å². The second-order valence-electron chi connectivity index (χ2n) is 5.21. The summed E-state index contributed by atoms with van der Waals surface area (Å²) in [5, 5.41) is 0.790. The van der Waals surface area contributed by atoms with Crippen molar-refractivity contribution >= 4 is 35.1 Å². The second-order valence-corrected chi connectivity index (χ2v) is 7.95. The summed E-state index contributed by atoms with van der Waals surface area (Å²) in [6.45, 7) is 2.91. The van der Waals surface area contributed by atoms with E-state index in [0.717, 1.165) is 24.7 Å². The third-order valence-electron chi connectivity index (χ3n) is 3.85. The first-order valence-corrected chi connectivity index (χ1v) is 9.78. The zero-order valence-electron chi connectivity index (χ0n) is 11.5. The van der Waals surface area contributed by atoms with Crippen molar-refractivity contribution in [1.29, 1.82) is 0 Å². The fourth-order valence-electron chi connectivity index (χ4n) is 2.70. The minimum Gasteiger partial charge on any atom is -0.371 e. The topological polar surface area (TPSA) is 12.5 Å². The van der Waals surface area contributed by atoms with Crippen LogP contribution >= 0.6 is 35.1 Å². The summed E-state index contributed by atoms with van der Waals surface area (Å²) in [6, 6.07) is 8.79. The van der Waals surface area contributed by atoms with E-state index in [4.69, 9.17) is 16.3 Å². The normalized spacial score (nSPS) is 26.4. The van der Waals surface area contributed by atoms with Gasteiger partial charge in [0.25, 0.3) is 0 Å². The summed E-state index contributed by atoms with van der Waals surface area (Å²) in [5.41, 5.74) is 1.24. The molecule has 0 aliphatic carbocycles. The van der Waals surface area contributed by atoms with Crippen molar-refractivity contribution in [3.05, 3.63) is 34.9 Å². The molecule has 2 heterocycles. The Kier molecular flexibility index (Phi) is 5.57. The highest BCUT2D eigenvalue weighted by Crippen LogP contribution is 2.27. The van der Waals surface area contributed by atoms with Gasteiger partial charge in [-0.3, -0.25) is 4.90 Å². The molecule has 2 saturated heterocycles. The van der Waals surface area contributed by atoms with Gasteiger partial charge in [0.05, 0.1) is 12.7 Å². The summed E-state index contributed by atoms with van der Waals surface area (Å²) in [4.78, 5) is 2.62. The lowest BCUT2D eigenvalue weighted by atomic mass is 10.1. The van der Waals surface area contributed by atoms with Crippen molar-refractivity contribution in [3.8, 4) is 0 Å². The molecule has 20 heavy (non-hydrogen) atoms. The van der Waals surface area contributed by atoms with E-state index in [1.54, 1.807) is 0 Å². The minimum absolute atomic E-state index is 0.194. The van der Waals surface area contributed by atoms with Crippen LogP contribution in [0.15, 0.2) is 24.3 Å². The van der Waals surface area contributed by atoms with Crippen molar-refractivity contribution in [3.63, 3.8) is 0 Å². The van der Waals surface area contributed by atoms with Gasteiger partial charge in [0.15, 0.2) is 0 Å². The van der Waals surface area contributed by atoms with E-state index in [1.807, 2.05) is 12.1 Å². The first kappa shape index (κ1) is 15.0. The van der Waals surface area contributed by atoms with Crippen LogP contribution < -0.4 is 0 Å². The van der Waals surface area contributed by atoms with Crippen molar-refractivity contribution < 1.29 is 4.74 Å². The summed E-state index contributed by atoms with van der Waals surface area (Å²) in [6.07, 6.45) is 0.194. The Morgan fingerprint density at radius 2 is 1.80 bits per heavy atom. The number of morpholine rings is 1. The Morgan fingerprint density at radius 1 is 1.10 bits per heavy atom. The van der Waals surface area contributed by atoms with Gasteiger partial charge in [-0.05, 0) is 17.7 Å². The number of ether oxygens (including phenoxy) is 1. The maximum absolute atomic E-state index is 5.96. The summed E-state index contributed by atoms with van der Waals surface area (Å²) in [7, 11) is 0.